The third kappa shape index (κ3) is 5.73. The Balaban J connectivity index is 1.63. The van der Waals surface area contributed by atoms with Crippen molar-refractivity contribution in [2.24, 2.45) is 11.3 Å². The topological polar surface area (TPSA) is 118 Å². The molecule has 2 aromatic heterocycles. The van der Waals surface area contributed by atoms with Gasteiger partial charge in [0.05, 0.1) is 22.8 Å². The van der Waals surface area contributed by atoms with E-state index in [1.807, 2.05) is 0 Å². The normalized spacial score (nSPS) is 15.5. The molecule has 1 unspecified atom stereocenters. The molecule has 3 aromatic rings. The van der Waals surface area contributed by atoms with Crippen LogP contribution < -0.4 is 5.32 Å². The fraction of sp³-hybridized carbons (Fsp3) is 0.370. The van der Waals surface area contributed by atoms with Crippen molar-refractivity contribution in [3.05, 3.63) is 67.0 Å². The van der Waals surface area contributed by atoms with Crippen molar-refractivity contribution in [2.45, 2.75) is 47.0 Å². The van der Waals surface area contributed by atoms with Gasteiger partial charge in [0.15, 0.2) is 0 Å². The second kappa shape index (κ2) is 10.8. The number of anilines is 1. The van der Waals surface area contributed by atoms with E-state index in [2.05, 4.69) is 37.1 Å². The number of rotatable bonds is 7. The largest absolute Gasteiger partial charge is 0.462 e. The number of nitro groups is 1. The van der Waals surface area contributed by atoms with E-state index < -0.39 is 4.92 Å². The maximum absolute atomic E-state index is 12.9. The molecule has 1 aromatic carbocycles. The van der Waals surface area contributed by atoms with E-state index >= 15 is 0 Å². The van der Waals surface area contributed by atoms with Gasteiger partial charge in [0.25, 0.3) is 5.69 Å². The lowest BCUT2D eigenvalue weighted by atomic mass is 9.72. The predicted molar refractivity (Wildman–Crippen MR) is 147 cm³/mol. The summed E-state index contributed by atoms with van der Waals surface area (Å²) in [4.78, 5) is 29.3. The number of carbonyl (C=O) groups is 1. The third-order valence-corrected chi connectivity index (χ3v) is 8.59. The van der Waals surface area contributed by atoms with Crippen LogP contribution in [0.2, 0.25) is 0 Å². The number of nitrogens with zero attached hydrogens (tertiary/aromatic N) is 3. The zero-order valence-corrected chi connectivity index (χ0v) is 22.8. The summed E-state index contributed by atoms with van der Waals surface area (Å²) in [7, 11) is 0. The summed E-state index contributed by atoms with van der Waals surface area (Å²) in [5.74, 6) is 0.167. The number of benzene rings is 1. The molecule has 10 heteroatoms. The van der Waals surface area contributed by atoms with E-state index in [1.54, 1.807) is 42.0 Å². The van der Waals surface area contributed by atoms with Gasteiger partial charge >= 0.3 is 5.97 Å². The highest BCUT2D eigenvalue weighted by molar-refractivity contribution is 7.16. The van der Waals surface area contributed by atoms with Crippen molar-refractivity contribution in [3.63, 3.8) is 0 Å². The Morgan fingerprint density at radius 3 is 2.86 bits per heavy atom. The molecule has 1 atom stereocenters. The SMILES string of the molecule is CCOC(=O)c1c(N/C=C(\C#N)c2nc(-c3cccc([N+](=O)[O-])c3)cs2)sc2c1CCC(C(C)(C)C)C2. The van der Waals surface area contributed by atoms with Crippen LogP contribution in [0.1, 0.15) is 59.9 Å². The fourth-order valence-electron chi connectivity index (χ4n) is 4.43. The number of ether oxygens (including phenoxy) is 1. The fourth-order valence-corrected chi connectivity index (χ4v) is 6.51. The number of aromatic nitrogens is 1. The van der Waals surface area contributed by atoms with Crippen LogP contribution in [0.15, 0.2) is 35.8 Å². The minimum atomic E-state index is -0.452. The van der Waals surface area contributed by atoms with Crippen molar-refractivity contribution in [3.8, 4) is 17.3 Å². The molecule has 0 saturated carbocycles. The molecule has 0 radical (unpaired) electrons. The lowest BCUT2D eigenvalue weighted by molar-refractivity contribution is -0.384. The number of thiazole rings is 1. The molecular weight excluding hydrogens is 508 g/mol. The Bertz CT molecular complexity index is 1410. The van der Waals surface area contributed by atoms with E-state index in [4.69, 9.17) is 4.74 Å². The molecule has 0 amide bonds. The highest BCUT2D eigenvalue weighted by Gasteiger charge is 2.34. The van der Waals surface area contributed by atoms with Crippen molar-refractivity contribution in [1.29, 1.82) is 5.26 Å². The van der Waals surface area contributed by atoms with Gasteiger partial charge in [-0.25, -0.2) is 9.78 Å². The Hall–Kier alpha value is -3.55. The molecule has 1 N–H and O–H groups in total. The number of fused-ring (bicyclic) bond motifs is 1. The Kier molecular flexibility index (Phi) is 7.76. The predicted octanol–water partition coefficient (Wildman–Crippen LogP) is 7.08. The van der Waals surface area contributed by atoms with Crippen LogP contribution >= 0.6 is 22.7 Å². The monoisotopic (exact) mass is 536 g/mol. The molecule has 0 saturated heterocycles. The standard InChI is InChI=1S/C27H28N4O4S2/c1-5-35-26(32)23-20-10-9-18(27(2,3)4)12-22(20)37-25(23)29-14-17(13-28)24-30-21(15-36-24)16-7-6-8-19(11-16)31(33)34/h6-8,11,14-15,18,29H,5,9-10,12H2,1-4H3/b17-14+. The van der Waals surface area contributed by atoms with E-state index in [1.165, 1.54) is 28.3 Å². The lowest BCUT2D eigenvalue weighted by Crippen LogP contribution is -2.26. The number of nitriles is 1. The maximum atomic E-state index is 12.9. The first-order valence-corrected chi connectivity index (χ1v) is 13.7. The summed E-state index contributed by atoms with van der Waals surface area (Å²) in [5, 5.41) is 27.1. The molecule has 37 heavy (non-hydrogen) atoms. The average molecular weight is 537 g/mol. The van der Waals surface area contributed by atoms with Gasteiger partial charge in [-0.1, -0.05) is 32.9 Å². The minimum absolute atomic E-state index is 0.0216. The van der Waals surface area contributed by atoms with Crippen LogP contribution in [-0.2, 0) is 17.6 Å². The molecule has 8 nitrogen and oxygen atoms in total. The van der Waals surface area contributed by atoms with Crippen molar-refractivity contribution >= 4 is 44.9 Å². The van der Waals surface area contributed by atoms with Crippen LogP contribution in [0.3, 0.4) is 0 Å². The first-order valence-electron chi connectivity index (χ1n) is 12.0. The molecule has 1 aliphatic carbocycles. The molecule has 0 aliphatic heterocycles. The molecule has 192 valence electrons. The first kappa shape index (κ1) is 26.5. The number of thiophene rings is 1. The van der Waals surface area contributed by atoms with E-state index in [0.29, 0.717) is 38.3 Å². The maximum Gasteiger partial charge on any atom is 0.341 e. The summed E-state index contributed by atoms with van der Waals surface area (Å²) in [5.41, 5.74) is 3.21. The van der Waals surface area contributed by atoms with Gasteiger partial charge in [-0.05, 0) is 43.1 Å². The van der Waals surface area contributed by atoms with E-state index in [-0.39, 0.29) is 23.7 Å². The van der Waals surface area contributed by atoms with Gasteiger partial charge in [-0.15, -0.1) is 22.7 Å². The lowest BCUT2D eigenvalue weighted by Gasteiger charge is -2.33. The summed E-state index contributed by atoms with van der Waals surface area (Å²) in [6.07, 6.45) is 4.30. The van der Waals surface area contributed by atoms with E-state index in [0.717, 1.165) is 24.8 Å². The number of non-ortho nitro benzene ring substituents is 1. The molecule has 0 fully saturated rings. The quantitative estimate of drug-likeness (QED) is 0.148. The molecule has 2 heterocycles. The second-order valence-electron chi connectivity index (χ2n) is 9.89. The van der Waals surface area contributed by atoms with Crippen LogP contribution in [-0.4, -0.2) is 22.5 Å². The summed E-state index contributed by atoms with van der Waals surface area (Å²) >= 11 is 2.82. The smallest absolute Gasteiger partial charge is 0.341 e. The van der Waals surface area contributed by atoms with Gasteiger partial charge in [-0.2, -0.15) is 5.26 Å². The number of nitrogens with one attached hydrogen (secondary N) is 1. The molecule has 4 rings (SSSR count). The Labute approximate surface area is 223 Å². The van der Waals surface area contributed by atoms with Gasteiger partial charge in [0, 0.05) is 34.2 Å². The van der Waals surface area contributed by atoms with Gasteiger partial charge in [0.1, 0.15) is 21.7 Å². The van der Waals surface area contributed by atoms with Gasteiger partial charge in [-0.3, -0.25) is 10.1 Å². The zero-order valence-electron chi connectivity index (χ0n) is 21.2. The van der Waals surface area contributed by atoms with Gasteiger partial charge in [0.2, 0.25) is 0 Å². The van der Waals surface area contributed by atoms with E-state index in [9.17, 15) is 20.2 Å². The number of esters is 1. The van der Waals surface area contributed by atoms with Gasteiger partial charge < -0.3 is 10.1 Å². The van der Waals surface area contributed by atoms with Crippen LogP contribution in [0.25, 0.3) is 16.8 Å². The first-order chi connectivity index (χ1) is 17.6. The number of carbonyl (C=O) groups excluding carboxylic acids is 1. The Morgan fingerprint density at radius 1 is 1.41 bits per heavy atom. The van der Waals surface area contributed by atoms with Crippen molar-refractivity contribution in [2.75, 3.05) is 11.9 Å². The summed E-state index contributed by atoms with van der Waals surface area (Å²) < 4.78 is 5.37. The summed E-state index contributed by atoms with van der Waals surface area (Å²) in [6.45, 7) is 8.82. The molecule has 0 bridgehead atoms. The third-order valence-electron chi connectivity index (χ3n) is 6.52. The highest BCUT2D eigenvalue weighted by atomic mass is 32.1. The van der Waals surface area contributed by atoms with Crippen LogP contribution in [0.5, 0.6) is 0 Å². The molecule has 1 aliphatic rings. The van der Waals surface area contributed by atoms with Crippen molar-refractivity contribution < 1.29 is 14.5 Å². The second-order valence-corrected chi connectivity index (χ2v) is 11.9. The minimum Gasteiger partial charge on any atom is -0.462 e. The zero-order chi connectivity index (χ0) is 26.7. The van der Waals surface area contributed by atoms with Crippen LogP contribution in [0.4, 0.5) is 10.7 Å². The number of hydrogen-bond acceptors (Lipinski definition) is 9. The number of hydrogen-bond donors (Lipinski definition) is 1. The molecular formula is C27H28N4O4S2. The van der Waals surface area contributed by atoms with Crippen molar-refractivity contribution in [1.82, 2.24) is 4.98 Å². The average Bonchev–Trinajstić information content (AvgIpc) is 3.49. The summed E-state index contributed by atoms with van der Waals surface area (Å²) in [6, 6.07) is 8.40. The number of nitro benzene ring substituents is 1. The highest BCUT2D eigenvalue weighted by Crippen LogP contribution is 2.44. The molecule has 0 spiro atoms. The Morgan fingerprint density at radius 2 is 2.19 bits per heavy atom. The van der Waals surface area contributed by atoms with Crippen LogP contribution in [0, 0.1) is 32.8 Å². The number of allylic oxidation sites excluding steroid dienone is 1.